The summed E-state index contributed by atoms with van der Waals surface area (Å²) in [6.07, 6.45) is 7.16. The van der Waals surface area contributed by atoms with E-state index in [4.69, 9.17) is 13.3 Å². The van der Waals surface area contributed by atoms with Crippen molar-refractivity contribution in [1.82, 2.24) is 0 Å². The van der Waals surface area contributed by atoms with E-state index in [1.165, 1.54) is 5.56 Å². The van der Waals surface area contributed by atoms with Crippen molar-refractivity contribution in [1.29, 1.82) is 0 Å². The highest BCUT2D eigenvalue weighted by molar-refractivity contribution is 6.61. The fraction of sp³-hybridized carbons (Fsp3) is 0.556. The van der Waals surface area contributed by atoms with E-state index in [2.05, 4.69) is 45.1 Å². The van der Waals surface area contributed by atoms with Crippen molar-refractivity contribution in [2.45, 2.75) is 46.1 Å². The van der Waals surface area contributed by atoms with Crippen molar-refractivity contribution in [2.75, 3.05) is 19.8 Å². The summed E-state index contributed by atoms with van der Waals surface area (Å²) in [5.41, 5.74) is 1.19. The van der Waals surface area contributed by atoms with Gasteiger partial charge in [-0.15, -0.1) is 0 Å². The van der Waals surface area contributed by atoms with Crippen LogP contribution in [0.5, 0.6) is 0 Å². The van der Waals surface area contributed by atoms with Crippen LogP contribution in [0.25, 0.3) is 6.08 Å². The molecule has 124 valence electrons. The summed E-state index contributed by atoms with van der Waals surface area (Å²) in [6, 6.07) is 11.0. The van der Waals surface area contributed by atoms with Gasteiger partial charge in [0.25, 0.3) is 0 Å². The van der Waals surface area contributed by atoms with E-state index in [0.29, 0.717) is 19.8 Å². The predicted molar refractivity (Wildman–Crippen MR) is 94.8 cm³/mol. The first kappa shape index (κ1) is 19.1. The molecule has 0 spiro atoms. The van der Waals surface area contributed by atoms with Crippen LogP contribution in [0, 0.1) is 0 Å². The maximum atomic E-state index is 6.06. The van der Waals surface area contributed by atoms with Gasteiger partial charge in [0.2, 0.25) is 0 Å². The normalized spacial score (nSPS) is 12.1. The number of hydrogen-bond donors (Lipinski definition) is 0. The predicted octanol–water partition coefficient (Wildman–Crippen LogP) is 4.92. The van der Waals surface area contributed by atoms with Crippen molar-refractivity contribution < 1.29 is 13.3 Å². The first-order chi connectivity index (χ1) is 10.8. The molecule has 0 saturated carbocycles. The zero-order chi connectivity index (χ0) is 16.1. The highest BCUT2D eigenvalue weighted by atomic mass is 28.4. The Hall–Kier alpha value is -0.943. The summed E-state index contributed by atoms with van der Waals surface area (Å²) in [7, 11) is -2.60. The quantitative estimate of drug-likeness (QED) is 0.511. The monoisotopic (exact) mass is 322 g/mol. The van der Waals surface area contributed by atoms with Crippen LogP contribution in [0.15, 0.2) is 36.4 Å². The third-order valence-electron chi connectivity index (χ3n) is 3.06. The minimum Gasteiger partial charge on any atom is -0.373 e. The lowest BCUT2D eigenvalue weighted by Crippen LogP contribution is -2.46. The van der Waals surface area contributed by atoms with Gasteiger partial charge in [0.15, 0.2) is 0 Å². The zero-order valence-electron chi connectivity index (χ0n) is 14.2. The van der Waals surface area contributed by atoms with Crippen LogP contribution in [0.1, 0.15) is 45.6 Å². The first-order valence-corrected chi connectivity index (χ1v) is 10.3. The van der Waals surface area contributed by atoms with Gasteiger partial charge in [0.05, 0.1) is 0 Å². The molecule has 3 nitrogen and oxygen atoms in total. The fourth-order valence-electron chi connectivity index (χ4n) is 1.98. The molecule has 1 aromatic rings. The lowest BCUT2D eigenvalue weighted by atomic mass is 10.2. The number of allylic oxidation sites excluding steroid dienone is 1. The van der Waals surface area contributed by atoms with Gasteiger partial charge in [-0.1, -0.05) is 63.3 Å². The van der Waals surface area contributed by atoms with Gasteiger partial charge in [0.1, 0.15) is 0 Å². The number of rotatable bonds is 12. The molecule has 0 aliphatic carbocycles. The van der Waals surface area contributed by atoms with Gasteiger partial charge in [0, 0.05) is 25.9 Å². The summed E-state index contributed by atoms with van der Waals surface area (Å²) in [4.78, 5) is 0. The molecule has 4 heteroatoms. The average Bonchev–Trinajstić information content (AvgIpc) is 2.57. The van der Waals surface area contributed by atoms with Crippen LogP contribution in [0.4, 0.5) is 0 Å². The lowest BCUT2D eigenvalue weighted by Gasteiger charge is -2.28. The SMILES string of the molecule is CCCO[Si](CC=Cc1ccccc1)(OCCC)OCCC. The lowest BCUT2D eigenvalue weighted by molar-refractivity contribution is 0.0620. The molecular formula is C18H30O3Si. The Kier molecular flexibility index (Phi) is 10.1. The third kappa shape index (κ3) is 7.36. The van der Waals surface area contributed by atoms with Crippen molar-refractivity contribution >= 4 is 14.9 Å². The maximum absolute atomic E-state index is 6.06. The van der Waals surface area contributed by atoms with Crippen LogP contribution in [0.3, 0.4) is 0 Å². The molecule has 0 aliphatic heterocycles. The van der Waals surface area contributed by atoms with E-state index in [0.717, 1.165) is 25.3 Å². The minimum absolute atomic E-state index is 0.693. The molecule has 0 N–H and O–H groups in total. The molecule has 0 heterocycles. The Bertz CT molecular complexity index is 384. The van der Waals surface area contributed by atoms with E-state index in [9.17, 15) is 0 Å². The molecule has 0 aliphatic rings. The van der Waals surface area contributed by atoms with Gasteiger partial charge in [-0.05, 0) is 24.8 Å². The summed E-state index contributed by atoms with van der Waals surface area (Å²) in [6.45, 7) is 8.41. The Balaban J connectivity index is 2.73. The second kappa shape index (κ2) is 11.6. The van der Waals surface area contributed by atoms with E-state index in [-0.39, 0.29) is 0 Å². The minimum atomic E-state index is -2.60. The number of benzene rings is 1. The first-order valence-electron chi connectivity index (χ1n) is 8.39. The van der Waals surface area contributed by atoms with Gasteiger partial charge >= 0.3 is 8.80 Å². The third-order valence-corrected chi connectivity index (χ3v) is 5.72. The van der Waals surface area contributed by atoms with Crippen LogP contribution >= 0.6 is 0 Å². The zero-order valence-corrected chi connectivity index (χ0v) is 15.2. The summed E-state index contributed by atoms with van der Waals surface area (Å²) >= 11 is 0. The van der Waals surface area contributed by atoms with Gasteiger partial charge in [-0.3, -0.25) is 0 Å². The van der Waals surface area contributed by atoms with Crippen molar-refractivity contribution in [3.63, 3.8) is 0 Å². The van der Waals surface area contributed by atoms with Crippen LogP contribution in [-0.2, 0) is 13.3 Å². The molecule has 0 radical (unpaired) electrons. The van der Waals surface area contributed by atoms with E-state index in [1.54, 1.807) is 0 Å². The van der Waals surface area contributed by atoms with Crippen molar-refractivity contribution in [3.8, 4) is 0 Å². The van der Waals surface area contributed by atoms with Crippen LogP contribution in [0.2, 0.25) is 6.04 Å². The summed E-state index contributed by atoms with van der Waals surface area (Å²) in [5, 5.41) is 0. The van der Waals surface area contributed by atoms with Crippen LogP contribution < -0.4 is 0 Å². The molecule has 0 atom stereocenters. The van der Waals surface area contributed by atoms with Gasteiger partial charge < -0.3 is 13.3 Å². The molecule has 0 fully saturated rings. The summed E-state index contributed by atoms with van der Waals surface area (Å²) < 4.78 is 18.2. The number of hydrogen-bond acceptors (Lipinski definition) is 3. The average molecular weight is 323 g/mol. The van der Waals surface area contributed by atoms with Crippen molar-refractivity contribution in [2.24, 2.45) is 0 Å². The van der Waals surface area contributed by atoms with Gasteiger partial charge in [-0.25, -0.2) is 0 Å². The standard InChI is InChI=1S/C18H30O3Si/c1-4-14-19-22(20-15-5-2,21-16-6-3)17-10-13-18-11-8-7-9-12-18/h7-13H,4-6,14-17H2,1-3H3. The van der Waals surface area contributed by atoms with E-state index < -0.39 is 8.80 Å². The molecule has 1 rings (SSSR count). The smallest absolute Gasteiger partial charge is 0.373 e. The molecule has 0 saturated heterocycles. The fourth-order valence-corrected chi connectivity index (χ4v) is 4.53. The highest BCUT2D eigenvalue weighted by Crippen LogP contribution is 2.19. The Morgan fingerprint density at radius 2 is 1.32 bits per heavy atom. The largest absolute Gasteiger partial charge is 0.504 e. The molecule has 0 unspecified atom stereocenters. The Labute approximate surface area is 136 Å². The Morgan fingerprint density at radius 3 is 1.77 bits per heavy atom. The Morgan fingerprint density at radius 1 is 0.818 bits per heavy atom. The van der Waals surface area contributed by atoms with E-state index in [1.807, 2.05) is 18.2 Å². The molecule has 22 heavy (non-hydrogen) atoms. The second-order valence-corrected chi connectivity index (χ2v) is 7.89. The maximum Gasteiger partial charge on any atom is 0.504 e. The summed E-state index contributed by atoms with van der Waals surface area (Å²) in [5.74, 6) is 0. The molecule has 0 aromatic heterocycles. The molecule has 0 bridgehead atoms. The van der Waals surface area contributed by atoms with Crippen LogP contribution in [-0.4, -0.2) is 28.6 Å². The van der Waals surface area contributed by atoms with Gasteiger partial charge in [-0.2, -0.15) is 0 Å². The topological polar surface area (TPSA) is 27.7 Å². The van der Waals surface area contributed by atoms with E-state index >= 15 is 0 Å². The highest BCUT2D eigenvalue weighted by Gasteiger charge is 2.39. The molecule has 0 amide bonds. The molecular weight excluding hydrogens is 292 g/mol. The van der Waals surface area contributed by atoms with Crippen molar-refractivity contribution in [3.05, 3.63) is 42.0 Å². The molecule has 1 aromatic carbocycles. The second-order valence-electron chi connectivity index (χ2n) is 5.25.